The van der Waals surface area contributed by atoms with E-state index in [4.69, 9.17) is 5.26 Å². The van der Waals surface area contributed by atoms with Gasteiger partial charge in [0, 0.05) is 33.9 Å². The van der Waals surface area contributed by atoms with Crippen molar-refractivity contribution in [3.63, 3.8) is 0 Å². The first-order valence-electron chi connectivity index (χ1n) is 8.14. The summed E-state index contributed by atoms with van der Waals surface area (Å²) in [5.41, 5.74) is 2.07. The van der Waals surface area contributed by atoms with Gasteiger partial charge in [-0.1, -0.05) is 6.07 Å². The number of carbonyl (C=O) groups excluding carboxylic acids is 1. The van der Waals surface area contributed by atoms with Crippen LogP contribution in [-0.2, 0) is 6.54 Å². The van der Waals surface area contributed by atoms with Gasteiger partial charge in [-0.05, 0) is 41.8 Å². The maximum Gasteiger partial charge on any atom is 0.251 e. The van der Waals surface area contributed by atoms with Crippen molar-refractivity contribution >= 4 is 28.1 Å². The van der Waals surface area contributed by atoms with Gasteiger partial charge in [-0.15, -0.1) is 11.3 Å². The van der Waals surface area contributed by atoms with Crippen LogP contribution >= 0.6 is 11.3 Å². The van der Waals surface area contributed by atoms with Gasteiger partial charge < -0.3 is 10.3 Å². The molecule has 4 rings (SSSR count). The van der Waals surface area contributed by atoms with Crippen molar-refractivity contribution in [3.05, 3.63) is 76.7 Å². The minimum Gasteiger partial charge on any atom is -0.361 e. The first kappa shape index (κ1) is 16.9. The van der Waals surface area contributed by atoms with Crippen LogP contribution in [0.3, 0.4) is 0 Å². The molecule has 0 saturated carbocycles. The van der Waals surface area contributed by atoms with Crippen molar-refractivity contribution in [3.8, 4) is 16.6 Å². The topological polar surface area (TPSA) is 81.6 Å². The van der Waals surface area contributed by atoms with Crippen molar-refractivity contribution < 1.29 is 9.18 Å². The molecule has 4 aromatic rings. The first-order valence-corrected chi connectivity index (χ1v) is 8.96. The van der Waals surface area contributed by atoms with Crippen LogP contribution in [0.1, 0.15) is 20.8 Å². The van der Waals surface area contributed by atoms with Crippen LogP contribution in [0.4, 0.5) is 4.39 Å². The number of nitrogens with zero attached hydrogens (tertiary/aromatic N) is 2. The van der Waals surface area contributed by atoms with Crippen molar-refractivity contribution in [2.45, 2.75) is 6.54 Å². The summed E-state index contributed by atoms with van der Waals surface area (Å²) in [7, 11) is 0. The normalized spacial score (nSPS) is 10.7. The molecule has 0 unspecified atom stereocenters. The molecule has 132 valence electrons. The lowest BCUT2D eigenvalue weighted by atomic mass is 10.1. The SMILES string of the molecule is N#Cc1ccc(-c2ncc(CNC(=O)c3ccc4cc[nH]c4c3)s2)c(F)c1. The van der Waals surface area contributed by atoms with Crippen molar-refractivity contribution in [1.82, 2.24) is 15.3 Å². The van der Waals surface area contributed by atoms with Crippen LogP contribution in [0.2, 0.25) is 0 Å². The van der Waals surface area contributed by atoms with Crippen LogP contribution in [0, 0.1) is 17.1 Å². The number of rotatable bonds is 4. The van der Waals surface area contributed by atoms with E-state index >= 15 is 0 Å². The number of fused-ring (bicyclic) bond motifs is 1. The predicted molar refractivity (Wildman–Crippen MR) is 102 cm³/mol. The second-order valence-electron chi connectivity index (χ2n) is 5.90. The molecule has 0 aliphatic rings. The number of hydrogen-bond donors (Lipinski definition) is 2. The molecule has 0 bridgehead atoms. The maximum atomic E-state index is 14.1. The number of H-pyrrole nitrogens is 1. The average molecular weight is 376 g/mol. The lowest BCUT2D eigenvalue weighted by Crippen LogP contribution is -2.22. The smallest absolute Gasteiger partial charge is 0.251 e. The standard InChI is InChI=1S/C20H13FN4OS/c21-17-7-12(9-22)1-4-16(17)20-25-11-15(27-20)10-24-19(26)14-3-2-13-5-6-23-18(13)8-14/h1-8,11,23H,10H2,(H,24,26). The Morgan fingerprint density at radius 3 is 2.96 bits per heavy atom. The third kappa shape index (κ3) is 3.43. The van der Waals surface area contributed by atoms with Gasteiger partial charge in [-0.3, -0.25) is 4.79 Å². The number of thiazole rings is 1. The molecule has 0 fully saturated rings. The Bertz CT molecular complexity index is 1190. The Hall–Kier alpha value is -3.50. The molecule has 2 aromatic heterocycles. The van der Waals surface area contributed by atoms with E-state index in [0.717, 1.165) is 15.8 Å². The van der Waals surface area contributed by atoms with E-state index in [9.17, 15) is 9.18 Å². The molecule has 7 heteroatoms. The molecule has 0 atom stereocenters. The number of amides is 1. The number of halogens is 1. The summed E-state index contributed by atoms with van der Waals surface area (Å²) in [5.74, 6) is -0.677. The third-order valence-corrected chi connectivity index (χ3v) is 5.15. The minimum atomic E-state index is -0.488. The summed E-state index contributed by atoms with van der Waals surface area (Å²) in [4.78, 5) is 20.5. The molecule has 0 saturated heterocycles. The molecular weight excluding hydrogens is 363 g/mol. The Labute approximate surface area is 158 Å². The molecule has 2 N–H and O–H groups in total. The van der Waals surface area contributed by atoms with E-state index in [1.165, 1.54) is 17.4 Å². The average Bonchev–Trinajstić information content (AvgIpc) is 3.34. The first-order chi connectivity index (χ1) is 13.1. The molecule has 2 heterocycles. The highest BCUT2D eigenvalue weighted by atomic mass is 32.1. The zero-order valence-electron chi connectivity index (χ0n) is 14.0. The molecule has 5 nitrogen and oxygen atoms in total. The number of nitriles is 1. The molecule has 2 aromatic carbocycles. The summed E-state index contributed by atoms with van der Waals surface area (Å²) in [6.07, 6.45) is 3.44. The number of aromatic nitrogens is 2. The van der Waals surface area contributed by atoms with Crippen LogP contribution in [0.15, 0.2) is 54.9 Å². The Balaban J connectivity index is 1.46. The minimum absolute atomic E-state index is 0.189. The summed E-state index contributed by atoms with van der Waals surface area (Å²) in [5, 5.41) is 13.2. The van der Waals surface area contributed by atoms with Crippen molar-refractivity contribution in [2.75, 3.05) is 0 Å². The lowest BCUT2D eigenvalue weighted by Gasteiger charge is -2.04. The Morgan fingerprint density at radius 1 is 1.26 bits per heavy atom. The Morgan fingerprint density at radius 2 is 2.15 bits per heavy atom. The predicted octanol–water partition coefficient (Wildman–Crippen LogP) is 4.23. The summed E-state index contributed by atoms with van der Waals surface area (Å²) >= 11 is 1.30. The fraction of sp³-hybridized carbons (Fsp3) is 0.0500. The van der Waals surface area contributed by atoms with Crippen LogP contribution in [-0.4, -0.2) is 15.9 Å². The highest BCUT2D eigenvalue weighted by Crippen LogP contribution is 2.28. The molecule has 0 aliphatic heterocycles. The van der Waals surface area contributed by atoms with Gasteiger partial charge >= 0.3 is 0 Å². The molecule has 1 amide bonds. The summed E-state index contributed by atoms with van der Waals surface area (Å²) in [6, 6.07) is 13.6. The van der Waals surface area contributed by atoms with E-state index < -0.39 is 5.82 Å². The Kier molecular flexibility index (Phi) is 4.40. The number of nitrogens with one attached hydrogen (secondary N) is 2. The van der Waals surface area contributed by atoms with Crippen LogP contribution in [0.25, 0.3) is 21.5 Å². The number of carbonyl (C=O) groups is 1. The van der Waals surface area contributed by atoms with Gasteiger partial charge in [0.25, 0.3) is 5.91 Å². The highest BCUT2D eigenvalue weighted by molar-refractivity contribution is 7.15. The fourth-order valence-corrected chi connectivity index (χ4v) is 3.61. The maximum absolute atomic E-state index is 14.1. The molecule has 0 aliphatic carbocycles. The van der Waals surface area contributed by atoms with Gasteiger partial charge in [0.15, 0.2) is 0 Å². The monoisotopic (exact) mass is 376 g/mol. The molecule has 0 spiro atoms. The van der Waals surface area contributed by atoms with Gasteiger partial charge in [-0.2, -0.15) is 5.26 Å². The van der Waals surface area contributed by atoms with E-state index in [2.05, 4.69) is 15.3 Å². The van der Waals surface area contributed by atoms with Gasteiger partial charge in [0.2, 0.25) is 0 Å². The molecular formula is C20H13FN4OS. The van der Waals surface area contributed by atoms with E-state index in [1.54, 1.807) is 30.5 Å². The number of aromatic amines is 1. The van der Waals surface area contributed by atoms with Gasteiger partial charge in [0.05, 0.1) is 18.2 Å². The quantitative estimate of drug-likeness (QED) is 0.559. The number of benzene rings is 2. The van der Waals surface area contributed by atoms with E-state index in [1.807, 2.05) is 24.4 Å². The zero-order chi connectivity index (χ0) is 18.8. The third-order valence-electron chi connectivity index (χ3n) is 4.12. The van der Waals surface area contributed by atoms with E-state index in [0.29, 0.717) is 22.7 Å². The second-order valence-corrected chi connectivity index (χ2v) is 7.02. The van der Waals surface area contributed by atoms with Crippen LogP contribution < -0.4 is 5.32 Å². The summed E-state index contributed by atoms with van der Waals surface area (Å²) < 4.78 is 14.1. The summed E-state index contributed by atoms with van der Waals surface area (Å²) in [6.45, 7) is 0.303. The van der Waals surface area contributed by atoms with Crippen molar-refractivity contribution in [2.24, 2.45) is 0 Å². The number of hydrogen-bond acceptors (Lipinski definition) is 4. The molecule has 0 radical (unpaired) electrons. The van der Waals surface area contributed by atoms with Crippen molar-refractivity contribution in [1.29, 1.82) is 5.26 Å². The van der Waals surface area contributed by atoms with Gasteiger partial charge in [-0.25, -0.2) is 9.37 Å². The molecule has 27 heavy (non-hydrogen) atoms. The largest absolute Gasteiger partial charge is 0.361 e. The fourth-order valence-electron chi connectivity index (χ4n) is 2.73. The van der Waals surface area contributed by atoms with E-state index in [-0.39, 0.29) is 11.5 Å². The second kappa shape index (κ2) is 7.02. The zero-order valence-corrected chi connectivity index (χ0v) is 14.8. The van der Waals surface area contributed by atoms with Crippen LogP contribution in [0.5, 0.6) is 0 Å². The van der Waals surface area contributed by atoms with Gasteiger partial charge in [0.1, 0.15) is 10.8 Å². The highest BCUT2D eigenvalue weighted by Gasteiger charge is 2.12. The lowest BCUT2D eigenvalue weighted by molar-refractivity contribution is 0.0951.